The van der Waals surface area contributed by atoms with Crippen LogP contribution in [0, 0.1) is 0 Å². The number of amides is 2. The van der Waals surface area contributed by atoms with Gasteiger partial charge in [0, 0.05) is 10.9 Å². The molecule has 0 atom stereocenters. The Morgan fingerprint density at radius 2 is 1.92 bits per heavy atom. The first-order chi connectivity index (χ1) is 12.7. The molecule has 4 N–H and O–H groups in total. The van der Waals surface area contributed by atoms with E-state index in [2.05, 4.69) is 25.6 Å². The fraction of sp³-hybridized carbons (Fsp3) is 0.0556. The number of carbonyl (C=O) groups is 1. The van der Waals surface area contributed by atoms with Crippen molar-refractivity contribution in [1.82, 2.24) is 20.3 Å². The summed E-state index contributed by atoms with van der Waals surface area (Å²) in [4.78, 5) is 24.0. The van der Waals surface area contributed by atoms with Crippen LogP contribution >= 0.6 is 11.3 Å². The van der Waals surface area contributed by atoms with Crippen LogP contribution in [0.1, 0.15) is 5.82 Å². The van der Waals surface area contributed by atoms with Crippen LogP contribution in [0.4, 0.5) is 9.93 Å². The average molecular weight is 365 g/mol. The van der Waals surface area contributed by atoms with Crippen molar-refractivity contribution in [2.75, 3.05) is 5.32 Å². The summed E-state index contributed by atoms with van der Waals surface area (Å²) in [5, 5.41) is 17.1. The van der Waals surface area contributed by atoms with Gasteiger partial charge in [0.25, 0.3) is 0 Å². The second-order valence-electron chi connectivity index (χ2n) is 5.59. The van der Waals surface area contributed by atoms with E-state index in [4.69, 9.17) is 0 Å². The largest absolute Gasteiger partial charge is 0.508 e. The number of nitrogens with zero attached hydrogens (tertiary/aromatic N) is 2. The third-order valence-electron chi connectivity index (χ3n) is 3.74. The molecule has 4 rings (SSSR count). The summed E-state index contributed by atoms with van der Waals surface area (Å²) in [5.41, 5.74) is 3.41. The van der Waals surface area contributed by atoms with Gasteiger partial charge >= 0.3 is 6.03 Å². The van der Waals surface area contributed by atoms with Crippen LogP contribution in [0.3, 0.4) is 0 Å². The molecule has 0 fully saturated rings. The maximum atomic E-state index is 12.1. The number of nitrogens with one attached hydrogen (secondary N) is 3. The molecule has 2 aromatic carbocycles. The molecule has 130 valence electrons. The fourth-order valence-corrected chi connectivity index (χ4v) is 3.21. The molecule has 0 spiro atoms. The van der Waals surface area contributed by atoms with Crippen molar-refractivity contribution >= 4 is 33.5 Å². The second-order valence-corrected chi connectivity index (χ2v) is 6.45. The number of rotatable bonds is 4. The first kappa shape index (κ1) is 16.1. The minimum absolute atomic E-state index is 0.201. The molecule has 0 bridgehead atoms. The lowest BCUT2D eigenvalue weighted by Crippen LogP contribution is -2.28. The Balaban J connectivity index is 1.36. The van der Waals surface area contributed by atoms with E-state index in [9.17, 15) is 9.90 Å². The van der Waals surface area contributed by atoms with Gasteiger partial charge in [-0.05, 0) is 36.4 Å². The molecule has 2 heterocycles. The number of hydrogen-bond donors (Lipinski definition) is 4. The zero-order valence-electron chi connectivity index (χ0n) is 13.6. The van der Waals surface area contributed by atoms with E-state index in [1.807, 2.05) is 29.6 Å². The molecule has 2 amide bonds. The van der Waals surface area contributed by atoms with E-state index in [1.165, 1.54) is 11.3 Å². The molecule has 0 aliphatic rings. The van der Waals surface area contributed by atoms with E-state index in [0.717, 1.165) is 22.3 Å². The summed E-state index contributed by atoms with van der Waals surface area (Å²) in [6, 6.07) is 14.1. The molecule has 0 saturated carbocycles. The van der Waals surface area contributed by atoms with Crippen molar-refractivity contribution < 1.29 is 9.90 Å². The van der Waals surface area contributed by atoms with Gasteiger partial charge in [0.1, 0.15) is 11.6 Å². The van der Waals surface area contributed by atoms with Crippen LogP contribution in [0.15, 0.2) is 53.9 Å². The van der Waals surface area contributed by atoms with Crippen molar-refractivity contribution in [3.63, 3.8) is 0 Å². The number of imidazole rings is 1. The molecular formula is C18H15N5O2S. The Kier molecular flexibility index (Phi) is 4.24. The molecule has 0 saturated heterocycles. The van der Waals surface area contributed by atoms with Crippen LogP contribution < -0.4 is 10.6 Å². The number of hydrogen-bond acceptors (Lipinski definition) is 5. The standard InChI is InChI=1S/C18H15N5O2S/c24-12-7-5-11(6-8-12)15-10-26-18(22-15)23-17(25)19-9-16-20-13-3-1-2-4-14(13)21-16/h1-8,10,24H,9H2,(H,20,21)(H2,19,22,23,25). The molecule has 0 radical (unpaired) electrons. The summed E-state index contributed by atoms with van der Waals surface area (Å²) in [6.45, 7) is 0.288. The zero-order chi connectivity index (χ0) is 17.9. The highest BCUT2D eigenvalue weighted by Crippen LogP contribution is 2.26. The number of aromatic nitrogens is 3. The number of carbonyl (C=O) groups excluding carboxylic acids is 1. The predicted molar refractivity (Wildman–Crippen MR) is 101 cm³/mol. The SMILES string of the molecule is O=C(NCc1nc2ccccc2[nH]1)Nc1nc(-c2ccc(O)cc2)cs1. The van der Waals surface area contributed by atoms with Gasteiger partial charge in [-0.1, -0.05) is 12.1 Å². The number of urea groups is 1. The Bertz CT molecular complexity index is 1020. The molecule has 4 aromatic rings. The topological polar surface area (TPSA) is 103 Å². The van der Waals surface area contributed by atoms with Gasteiger partial charge < -0.3 is 15.4 Å². The van der Waals surface area contributed by atoms with Gasteiger partial charge in [0.15, 0.2) is 5.13 Å². The Labute approximate surface area is 152 Å². The summed E-state index contributed by atoms with van der Waals surface area (Å²) >= 11 is 1.33. The fourth-order valence-electron chi connectivity index (χ4n) is 2.49. The lowest BCUT2D eigenvalue weighted by Gasteiger charge is -2.03. The summed E-state index contributed by atoms with van der Waals surface area (Å²) in [5.74, 6) is 0.887. The first-order valence-corrected chi connectivity index (χ1v) is 8.79. The highest BCUT2D eigenvalue weighted by Gasteiger charge is 2.09. The summed E-state index contributed by atoms with van der Waals surface area (Å²) in [6.07, 6.45) is 0. The molecule has 0 unspecified atom stereocenters. The summed E-state index contributed by atoms with van der Waals surface area (Å²) in [7, 11) is 0. The third-order valence-corrected chi connectivity index (χ3v) is 4.50. The van der Waals surface area contributed by atoms with E-state index < -0.39 is 0 Å². The number of phenolic OH excluding ortho intramolecular Hbond substituents is 1. The number of benzene rings is 2. The van der Waals surface area contributed by atoms with Crippen molar-refractivity contribution in [2.45, 2.75) is 6.54 Å². The molecule has 0 aliphatic heterocycles. The van der Waals surface area contributed by atoms with Gasteiger partial charge in [0.05, 0.1) is 23.3 Å². The zero-order valence-corrected chi connectivity index (χ0v) is 14.4. The predicted octanol–water partition coefficient (Wildman–Crippen LogP) is 3.71. The average Bonchev–Trinajstić information content (AvgIpc) is 3.27. The van der Waals surface area contributed by atoms with Crippen LogP contribution in [0.2, 0.25) is 0 Å². The van der Waals surface area contributed by atoms with Gasteiger partial charge in [-0.15, -0.1) is 11.3 Å². The highest BCUT2D eigenvalue weighted by molar-refractivity contribution is 7.14. The van der Waals surface area contributed by atoms with E-state index in [0.29, 0.717) is 11.0 Å². The highest BCUT2D eigenvalue weighted by atomic mass is 32.1. The lowest BCUT2D eigenvalue weighted by atomic mass is 10.2. The minimum atomic E-state index is -0.350. The number of anilines is 1. The van der Waals surface area contributed by atoms with E-state index in [1.54, 1.807) is 24.3 Å². The number of phenols is 1. The molecule has 26 heavy (non-hydrogen) atoms. The minimum Gasteiger partial charge on any atom is -0.508 e. The molecule has 8 heteroatoms. The molecule has 7 nitrogen and oxygen atoms in total. The van der Waals surface area contributed by atoms with Gasteiger partial charge in [-0.2, -0.15) is 0 Å². The van der Waals surface area contributed by atoms with Gasteiger partial charge in [0.2, 0.25) is 0 Å². The maximum absolute atomic E-state index is 12.1. The van der Waals surface area contributed by atoms with Crippen molar-refractivity contribution in [2.24, 2.45) is 0 Å². The van der Waals surface area contributed by atoms with E-state index in [-0.39, 0.29) is 18.3 Å². The number of para-hydroxylation sites is 2. The van der Waals surface area contributed by atoms with Crippen molar-refractivity contribution in [3.05, 3.63) is 59.7 Å². The van der Waals surface area contributed by atoms with Crippen LogP contribution in [-0.2, 0) is 6.54 Å². The van der Waals surface area contributed by atoms with E-state index >= 15 is 0 Å². The number of aromatic hydroxyl groups is 1. The second kappa shape index (κ2) is 6.85. The smallest absolute Gasteiger partial charge is 0.321 e. The van der Waals surface area contributed by atoms with Crippen molar-refractivity contribution in [3.8, 4) is 17.0 Å². The van der Waals surface area contributed by atoms with Crippen molar-refractivity contribution in [1.29, 1.82) is 0 Å². The molecule has 2 aromatic heterocycles. The Morgan fingerprint density at radius 3 is 2.73 bits per heavy atom. The Hall–Kier alpha value is -3.39. The van der Waals surface area contributed by atoms with Gasteiger partial charge in [-0.25, -0.2) is 14.8 Å². The Morgan fingerprint density at radius 1 is 1.12 bits per heavy atom. The lowest BCUT2D eigenvalue weighted by molar-refractivity contribution is 0.251. The number of aromatic amines is 1. The summed E-state index contributed by atoms with van der Waals surface area (Å²) < 4.78 is 0. The normalized spacial score (nSPS) is 10.8. The molecule has 0 aliphatic carbocycles. The van der Waals surface area contributed by atoms with Crippen LogP contribution in [0.25, 0.3) is 22.3 Å². The third kappa shape index (κ3) is 3.50. The number of fused-ring (bicyclic) bond motifs is 1. The number of thiazole rings is 1. The molecular weight excluding hydrogens is 350 g/mol. The number of H-pyrrole nitrogens is 1. The monoisotopic (exact) mass is 365 g/mol. The first-order valence-electron chi connectivity index (χ1n) is 7.91. The van der Waals surface area contributed by atoms with Crippen LogP contribution in [0.5, 0.6) is 5.75 Å². The maximum Gasteiger partial charge on any atom is 0.321 e. The van der Waals surface area contributed by atoms with Gasteiger partial charge in [-0.3, -0.25) is 5.32 Å². The van der Waals surface area contributed by atoms with Crippen LogP contribution in [-0.4, -0.2) is 26.1 Å². The quantitative estimate of drug-likeness (QED) is 0.442.